The number of hydrogen-bond donors (Lipinski definition) is 1. The summed E-state index contributed by atoms with van der Waals surface area (Å²) in [5, 5.41) is 2.96. The third-order valence-corrected chi connectivity index (χ3v) is 5.74. The normalized spacial score (nSPS) is 27.5. The molecule has 2 heterocycles. The Morgan fingerprint density at radius 1 is 1.12 bits per heavy atom. The van der Waals surface area contributed by atoms with E-state index in [0.717, 1.165) is 43.4 Å². The Morgan fingerprint density at radius 3 is 2.54 bits per heavy atom. The lowest BCUT2D eigenvalue weighted by molar-refractivity contribution is -0.140. The number of para-hydroxylation sites is 1. The van der Waals surface area contributed by atoms with Crippen molar-refractivity contribution in [1.29, 1.82) is 0 Å². The zero-order valence-corrected chi connectivity index (χ0v) is 14.8. The lowest BCUT2D eigenvalue weighted by atomic mass is 9.81. The second-order valence-corrected chi connectivity index (χ2v) is 7.46. The molecular formula is C20H24N2O4. The van der Waals surface area contributed by atoms with E-state index in [-0.39, 0.29) is 48.6 Å². The largest absolute Gasteiger partial charge is 0.491 e. The summed E-state index contributed by atoms with van der Waals surface area (Å²) in [7, 11) is 0. The summed E-state index contributed by atoms with van der Waals surface area (Å²) < 4.78 is 5.68. The lowest BCUT2D eigenvalue weighted by Gasteiger charge is -2.26. The van der Waals surface area contributed by atoms with Crippen molar-refractivity contribution in [3.63, 3.8) is 0 Å². The van der Waals surface area contributed by atoms with E-state index in [1.165, 1.54) is 4.90 Å². The third kappa shape index (κ3) is 3.20. The molecule has 1 saturated carbocycles. The number of rotatable bonds is 4. The Labute approximate surface area is 152 Å². The monoisotopic (exact) mass is 356 g/mol. The summed E-state index contributed by atoms with van der Waals surface area (Å²) in [5.74, 6) is 0.261. The molecule has 3 aliphatic rings. The van der Waals surface area contributed by atoms with Gasteiger partial charge in [0.2, 0.25) is 17.7 Å². The number of fused-ring (bicyclic) bond motifs is 2. The van der Waals surface area contributed by atoms with E-state index in [1.807, 2.05) is 24.3 Å². The van der Waals surface area contributed by atoms with Gasteiger partial charge in [0.25, 0.3) is 0 Å². The van der Waals surface area contributed by atoms with Gasteiger partial charge in [-0.15, -0.1) is 0 Å². The van der Waals surface area contributed by atoms with E-state index in [1.54, 1.807) is 0 Å². The molecule has 6 nitrogen and oxygen atoms in total. The molecule has 2 aliphatic heterocycles. The maximum Gasteiger partial charge on any atom is 0.233 e. The Kier molecular flexibility index (Phi) is 4.66. The first kappa shape index (κ1) is 17.1. The first-order valence-electron chi connectivity index (χ1n) is 9.49. The highest BCUT2D eigenvalue weighted by Crippen LogP contribution is 2.37. The molecule has 1 aliphatic carbocycles. The highest BCUT2D eigenvalue weighted by molar-refractivity contribution is 6.05. The summed E-state index contributed by atoms with van der Waals surface area (Å²) in [5.41, 5.74) is 1.08. The van der Waals surface area contributed by atoms with Crippen LogP contribution in [0.25, 0.3) is 0 Å². The van der Waals surface area contributed by atoms with Crippen LogP contribution in [0.15, 0.2) is 24.3 Å². The first-order chi connectivity index (χ1) is 12.6. The fourth-order valence-corrected chi connectivity index (χ4v) is 4.39. The summed E-state index contributed by atoms with van der Waals surface area (Å²) >= 11 is 0. The predicted molar refractivity (Wildman–Crippen MR) is 94.4 cm³/mol. The predicted octanol–water partition coefficient (Wildman–Crippen LogP) is 1.67. The molecule has 1 saturated heterocycles. The number of benzene rings is 1. The molecule has 4 rings (SSSR count). The SMILES string of the molecule is O=C(CCN1C(=O)[C@@H]2CCCC[C@H]2C1=O)N[C@@H]1COc2ccccc2C1. The van der Waals surface area contributed by atoms with Gasteiger partial charge in [0.1, 0.15) is 12.4 Å². The fourth-order valence-electron chi connectivity index (χ4n) is 4.39. The molecule has 0 spiro atoms. The molecule has 2 fully saturated rings. The van der Waals surface area contributed by atoms with E-state index in [2.05, 4.69) is 5.32 Å². The second-order valence-electron chi connectivity index (χ2n) is 7.46. The molecule has 0 radical (unpaired) electrons. The summed E-state index contributed by atoms with van der Waals surface area (Å²) in [6.45, 7) is 0.620. The van der Waals surface area contributed by atoms with Gasteiger partial charge >= 0.3 is 0 Å². The van der Waals surface area contributed by atoms with Crippen LogP contribution in [-0.2, 0) is 20.8 Å². The smallest absolute Gasteiger partial charge is 0.233 e. The number of likely N-dealkylation sites (tertiary alicyclic amines) is 1. The van der Waals surface area contributed by atoms with Crippen molar-refractivity contribution in [2.24, 2.45) is 11.8 Å². The van der Waals surface area contributed by atoms with Crippen LogP contribution in [0.3, 0.4) is 0 Å². The van der Waals surface area contributed by atoms with E-state index < -0.39 is 0 Å². The van der Waals surface area contributed by atoms with Crippen molar-refractivity contribution >= 4 is 17.7 Å². The molecule has 3 amide bonds. The van der Waals surface area contributed by atoms with Gasteiger partial charge in [-0.25, -0.2) is 0 Å². The van der Waals surface area contributed by atoms with Gasteiger partial charge < -0.3 is 10.1 Å². The molecule has 3 atom stereocenters. The number of nitrogens with zero attached hydrogens (tertiary/aromatic N) is 1. The highest BCUT2D eigenvalue weighted by Gasteiger charge is 2.47. The van der Waals surface area contributed by atoms with Gasteiger partial charge in [0.05, 0.1) is 17.9 Å². The molecule has 0 aromatic heterocycles. The second kappa shape index (κ2) is 7.09. The highest BCUT2D eigenvalue weighted by atomic mass is 16.5. The van der Waals surface area contributed by atoms with Gasteiger partial charge in [-0.1, -0.05) is 31.0 Å². The van der Waals surface area contributed by atoms with Crippen molar-refractivity contribution in [3.8, 4) is 5.75 Å². The van der Waals surface area contributed by atoms with Crippen LogP contribution < -0.4 is 10.1 Å². The summed E-state index contributed by atoms with van der Waals surface area (Å²) in [4.78, 5) is 38.5. The minimum atomic E-state index is -0.150. The maximum atomic E-state index is 12.4. The van der Waals surface area contributed by atoms with Crippen molar-refractivity contribution in [3.05, 3.63) is 29.8 Å². The number of ether oxygens (including phenoxy) is 1. The zero-order valence-electron chi connectivity index (χ0n) is 14.8. The number of amides is 3. The average molecular weight is 356 g/mol. The minimum absolute atomic E-state index is 0.0787. The van der Waals surface area contributed by atoms with Crippen molar-refractivity contribution in [2.75, 3.05) is 13.2 Å². The zero-order chi connectivity index (χ0) is 18.1. The Balaban J connectivity index is 1.29. The molecule has 6 heteroatoms. The van der Waals surface area contributed by atoms with Crippen LogP contribution >= 0.6 is 0 Å². The number of carbonyl (C=O) groups excluding carboxylic acids is 3. The van der Waals surface area contributed by atoms with Gasteiger partial charge in [0.15, 0.2) is 0 Å². The molecule has 0 bridgehead atoms. The fraction of sp³-hybridized carbons (Fsp3) is 0.550. The molecule has 26 heavy (non-hydrogen) atoms. The van der Waals surface area contributed by atoms with Gasteiger partial charge in [0, 0.05) is 13.0 Å². The molecular weight excluding hydrogens is 332 g/mol. The van der Waals surface area contributed by atoms with E-state index in [4.69, 9.17) is 4.74 Å². The van der Waals surface area contributed by atoms with Crippen LogP contribution in [0.4, 0.5) is 0 Å². The Morgan fingerprint density at radius 2 is 1.81 bits per heavy atom. The topological polar surface area (TPSA) is 75.7 Å². The van der Waals surface area contributed by atoms with Crippen molar-refractivity contribution < 1.29 is 19.1 Å². The van der Waals surface area contributed by atoms with Crippen LogP contribution in [-0.4, -0.2) is 41.8 Å². The van der Waals surface area contributed by atoms with Crippen molar-refractivity contribution in [2.45, 2.75) is 44.6 Å². The quantitative estimate of drug-likeness (QED) is 0.833. The van der Waals surface area contributed by atoms with E-state index >= 15 is 0 Å². The lowest BCUT2D eigenvalue weighted by Crippen LogP contribution is -2.44. The van der Waals surface area contributed by atoms with Gasteiger partial charge in [-0.05, 0) is 30.9 Å². The van der Waals surface area contributed by atoms with Crippen molar-refractivity contribution in [1.82, 2.24) is 10.2 Å². The molecule has 1 N–H and O–H groups in total. The molecule has 138 valence electrons. The van der Waals surface area contributed by atoms with Crippen LogP contribution in [0.1, 0.15) is 37.7 Å². The Hall–Kier alpha value is -2.37. The van der Waals surface area contributed by atoms with Crippen LogP contribution in [0.2, 0.25) is 0 Å². The number of hydrogen-bond acceptors (Lipinski definition) is 4. The molecule has 1 aromatic rings. The standard InChI is InChI=1S/C20H24N2O4/c23-18(21-14-11-13-5-1-4-8-17(13)26-12-14)9-10-22-19(24)15-6-2-3-7-16(15)20(22)25/h1,4-5,8,14-16H,2-3,6-7,9-12H2,(H,21,23)/t14-,15+,16+/m0/s1. The number of imide groups is 1. The van der Waals surface area contributed by atoms with E-state index in [9.17, 15) is 14.4 Å². The van der Waals surface area contributed by atoms with E-state index in [0.29, 0.717) is 6.61 Å². The summed E-state index contributed by atoms with van der Waals surface area (Å²) in [6, 6.07) is 7.73. The average Bonchev–Trinajstić information content (AvgIpc) is 2.91. The van der Waals surface area contributed by atoms with Gasteiger partial charge in [-0.3, -0.25) is 19.3 Å². The van der Waals surface area contributed by atoms with Crippen LogP contribution in [0, 0.1) is 11.8 Å². The first-order valence-corrected chi connectivity index (χ1v) is 9.49. The van der Waals surface area contributed by atoms with Gasteiger partial charge in [-0.2, -0.15) is 0 Å². The Bertz CT molecular complexity index is 708. The molecule has 0 unspecified atom stereocenters. The minimum Gasteiger partial charge on any atom is -0.491 e. The summed E-state index contributed by atoms with van der Waals surface area (Å²) in [6.07, 6.45) is 4.51. The maximum absolute atomic E-state index is 12.4. The number of carbonyl (C=O) groups is 3. The number of nitrogens with one attached hydrogen (secondary N) is 1. The third-order valence-electron chi connectivity index (χ3n) is 5.74. The van der Waals surface area contributed by atoms with Crippen LogP contribution in [0.5, 0.6) is 5.75 Å². The molecule has 1 aromatic carbocycles.